The third-order valence-corrected chi connectivity index (χ3v) is 5.12. The third-order valence-electron chi connectivity index (χ3n) is 4.02. The summed E-state index contributed by atoms with van der Waals surface area (Å²) in [5.74, 6) is 1.81. The van der Waals surface area contributed by atoms with Crippen molar-refractivity contribution in [3.05, 3.63) is 46.8 Å². The van der Waals surface area contributed by atoms with Gasteiger partial charge in [0, 0.05) is 19.2 Å². The number of carbonyl (C=O) groups excluding carboxylic acids is 1. The highest BCUT2D eigenvalue weighted by atomic mass is 32.1. The summed E-state index contributed by atoms with van der Waals surface area (Å²) in [5.41, 5.74) is 1.80. The maximum Gasteiger partial charge on any atom is 0.252 e. The summed E-state index contributed by atoms with van der Waals surface area (Å²) in [5, 5.41) is 0. The molecule has 1 aromatic heterocycles. The second-order valence-corrected chi connectivity index (χ2v) is 6.66. The van der Waals surface area contributed by atoms with E-state index in [1.807, 2.05) is 48.0 Å². The smallest absolute Gasteiger partial charge is 0.252 e. The number of nitrogens with zero attached hydrogens (tertiary/aromatic N) is 2. The highest BCUT2D eigenvalue weighted by Crippen LogP contribution is 2.33. The zero-order valence-corrected chi connectivity index (χ0v) is 15.9. The molecule has 0 bridgehead atoms. The average molecular weight is 372 g/mol. The lowest BCUT2D eigenvalue weighted by Gasteiger charge is -2.07. The molecule has 7 heteroatoms. The summed E-state index contributed by atoms with van der Waals surface area (Å²) in [6.07, 6.45) is 0.220. The van der Waals surface area contributed by atoms with E-state index in [1.165, 1.54) is 11.3 Å². The Labute approximate surface area is 155 Å². The lowest BCUT2D eigenvalue weighted by molar-refractivity contribution is -0.117. The molecular formula is C19H20N2O4S. The Kier molecular flexibility index (Phi) is 5.27. The third kappa shape index (κ3) is 3.57. The van der Waals surface area contributed by atoms with Crippen LogP contribution in [0.3, 0.4) is 0 Å². The molecule has 0 saturated heterocycles. The number of carbonyl (C=O) groups is 1. The predicted molar refractivity (Wildman–Crippen MR) is 101 cm³/mol. The molecule has 1 amide bonds. The highest BCUT2D eigenvalue weighted by molar-refractivity contribution is 7.16. The van der Waals surface area contributed by atoms with Crippen molar-refractivity contribution in [2.75, 3.05) is 21.3 Å². The molecule has 2 aromatic carbocycles. The van der Waals surface area contributed by atoms with Crippen LogP contribution in [0.25, 0.3) is 10.2 Å². The van der Waals surface area contributed by atoms with Gasteiger partial charge in [-0.25, -0.2) is 0 Å². The van der Waals surface area contributed by atoms with Gasteiger partial charge in [-0.1, -0.05) is 23.5 Å². The summed E-state index contributed by atoms with van der Waals surface area (Å²) in [6.45, 7) is 0. The largest absolute Gasteiger partial charge is 0.497 e. The molecule has 0 fully saturated rings. The number of fused-ring (bicyclic) bond motifs is 1. The zero-order chi connectivity index (χ0) is 18.7. The lowest BCUT2D eigenvalue weighted by atomic mass is 10.1. The van der Waals surface area contributed by atoms with Crippen LogP contribution in [0.15, 0.2) is 41.4 Å². The number of aromatic nitrogens is 1. The fraction of sp³-hybridized carbons (Fsp3) is 0.263. The van der Waals surface area contributed by atoms with E-state index in [-0.39, 0.29) is 12.3 Å². The quantitative estimate of drug-likeness (QED) is 0.691. The molecule has 0 aliphatic carbocycles. The minimum atomic E-state index is -0.209. The van der Waals surface area contributed by atoms with E-state index < -0.39 is 0 Å². The van der Waals surface area contributed by atoms with Crippen LogP contribution in [0.1, 0.15) is 5.56 Å². The van der Waals surface area contributed by atoms with E-state index >= 15 is 0 Å². The fourth-order valence-electron chi connectivity index (χ4n) is 2.66. The van der Waals surface area contributed by atoms with E-state index in [2.05, 4.69) is 4.99 Å². The Bertz CT molecular complexity index is 1020. The Hall–Kier alpha value is -2.80. The Balaban J connectivity index is 1.95. The summed E-state index contributed by atoms with van der Waals surface area (Å²) in [7, 11) is 6.67. The van der Waals surface area contributed by atoms with Crippen LogP contribution in [-0.2, 0) is 18.3 Å². The molecule has 0 aliphatic rings. The van der Waals surface area contributed by atoms with Gasteiger partial charge in [0.2, 0.25) is 0 Å². The van der Waals surface area contributed by atoms with Crippen LogP contribution in [0.5, 0.6) is 17.2 Å². The van der Waals surface area contributed by atoms with Gasteiger partial charge >= 0.3 is 0 Å². The molecule has 0 unspecified atom stereocenters. The first-order valence-electron chi connectivity index (χ1n) is 7.97. The first-order valence-corrected chi connectivity index (χ1v) is 8.79. The van der Waals surface area contributed by atoms with E-state index in [4.69, 9.17) is 14.2 Å². The number of thiazole rings is 1. The number of methoxy groups -OCH3 is 3. The first kappa shape index (κ1) is 18.0. The molecule has 0 aliphatic heterocycles. The molecular weight excluding hydrogens is 352 g/mol. The van der Waals surface area contributed by atoms with E-state index in [1.54, 1.807) is 21.3 Å². The van der Waals surface area contributed by atoms with Gasteiger partial charge in [0.05, 0.1) is 38.0 Å². The zero-order valence-electron chi connectivity index (χ0n) is 15.1. The van der Waals surface area contributed by atoms with Gasteiger partial charge in [0.15, 0.2) is 16.3 Å². The van der Waals surface area contributed by atoms with Crippen LogP contribution < -0.4 is 19.0 Å². The Morgan fingerprint density at radius 3 is 2.50 bits per heavy atom. The second kappa shape index (κ2) is 7.61. The lowest BCUT2D eigenvalue weighted by Crippen LogP contribution is -2.14. The van der Waals surface area contributed by atoms with Crippen LogP contribution in [0.4, 0.5) is 0 Å². The topological polar surface area (TPSA) is 62.1 Å². The van der Waals surface area contributed by atoms with Crippen molar-refractivity contribution in [3.63, 3.8) is 0 Å². The van der Waals surface area contributed by atoms with Gasteiger partial charge in [0.1, 0.15) is 5.75 Å². The number of rotatable bonds is 5. The van der Waals surface area contributed by atoms with E-state index in [0.29, 0.717) is 16.3 Å². The second-order valence-electron chi connectivity index (χ2n) is 5.65. The first-order chi connectivity index (χ1) is 12.5. The summed E-state index contributed by atoms with van der Waals surface area (Å²) < 4.78 is 18.7. The van der Waals surface area contributed by atoms with Gasteiger partial charge in [-0.2, -0.15) is 4.99 Å². The maximum absolute atomic E-state index is 12.4. The van der Waals surface area contributed by atoms with Crippen molar-refractivity contribution in [1.29, 1.82) is 0 Å². The molecule has 136 valence electrons. The van der Waals surface area contributed by atoms with E-state index in [0.717, 1.165) is 21.5 Å². The van der Waals surface area contributed by atoms with Gasteiger partial charge in [0.25, 0.3) is 5.91 Å². The Morgan fingerprint density at radius 1 is 1.08 bits per heavy atom. The number of benzene rings is 2. The summed E-state index contributed by atoms with van der Waals surface area (Å²) in [4.78, 5) is 17.3. The van der Waals surface area contributed by atoms with Gasteiger partial charge in [-0.15, -0.1) is 0 Å². The normalized spacial score (nSPS) is 11.6. The summed E-state index contributed by atoms with van der Waals surface area (Å²) in [6, 6.07) is 11.2. The van der Waals surface area contributed by atoms with Gasteiger partial charge < -0.3 is 18.8 Å². The SMILES string of the molecule is COc1cccc(CC(=O)N=c2sc3cc(OC)c(OC)cc3n2C)c1. The van der Waals surface area contributed by atoms with Crippen LogP contribution in [0.2, 0.25) is 0 Å². The molecule has 0 atom stereocenters. The summed E-state index contributed by atoms with van der Waals surface area (Å²) >= 11 is 1.43. The fourth-order valence-corrected chi connectivity index (χ4v) is 3.71. The average Bonchev–Trinajstić information content (AvgIpc) is 2.95. The molecule has 26 heavy (non-hydrogen) atoms. The predicted octanol–water partition coefficient (Wildman–Crippen LogP) is 2.94. The molecule has 6 nitrogen and oxygen atoms in total. The Morgan fingerprint density at radius 2 is 1.81 bits per heavy atom. The van der Waals surface area contributed by atoms with Crippen molar-refractivity contribution >= 4 is 27.5 Å². The number of aryl methyl sites for hydroxylation is 1. The molecule has 0 spiro atoms. The highest BCUT2D eigenvalue weighted by Gasteiger charge is 2.11. The number of amides is 1. The van der Waals surface area contributed by atoms with Crippen molar-refractivity contribution < 1.29 is 19.0 Å². The van der Waals surface area contributed by atoms with Crippen molar-refractivity contribution in [2.45, 2.75) is 6.42 Å². The molecule has 0 saturated carbocycles. The number of hydrogen-bond donors (Lipinski definition) is 0. The van der Waals surface area contributed by atoms with Crippen LogP contribution >= 0.6 is 11.3 Å². The van der Waals surface area contributed by atoms with Crippen molar-refractivity contribution in [3.8, 4) is 17.2 Å². The van der Waals surface area contributed by atoms with E-state index in [9.17, 15) is 4.79 Å². The van der Waals surface area contributed by atoms with Gasteiger partial charge in [-0.05, 0) is 17.7 Å². The van der Waals surface area contributed by atoms with Crippen LogP contribution in [0, 0.1) is 0 Å². The molecule has 1 heterocycles. The minimum absolute atomic E-state index is 0.209. The maximum atomic E-state index is 12.4. The molecule has 0 N–H and O–H groups in total. The molecule has 3 aromatic rings. The number of ether oxygens (including phenoxy) is 3. The van der Waals surface area contributed by atoms with Crippen LogP contribution in [-0.4, -0.2) is 31.8 Å². The van der Waals surface area contributed by atoms with Crippen molar-refractivity contribution in [2.24, 2.45) is 12.0 Å². The minimum Gasteiger partial charge on any atom is -0.497 e. The molecule has 3 rings (SSSR count). The monoisotopic (exact) mass is 372 g/mol. The van der Waals surface area contributed by atoms with Crippen molar-refractivity contribution in [1.82, 2.24) is 4.57 Å². The standard InChI is InChI=1S/C19H20N2O4S/c1-21-14-10-15(24-3)16(25-4)11-17(14)26-19(21)20-18(22)9-12-6-5-7-13(8-12)23-2/h5-8,10-11H,9H2,1-4H3. The number of hydrogen-bond acceptors (Lipinski definition) is 5. The van der Waals surface area contributed by atoms with Gasteiger partial charge in [-0.3, -0.25) is 4.79 Å². The molecule has 0 radical (unpaired) electrons.